The van der Waals surface area contributed by atoms with E-state index in [1.807, 2.05) is 0 Å². The van der Waals surface area contributed by atoms with Crippen molar-refractivity contribution in [2.24, 2.45) is 51.2 Å². The van der Waals surface area contributed by atoms with Gasteiger partial charge < -0.3 is 4.74 Å². The predicted octanol–water partition coefficient (Wildman–Crippen LogP) is 8.43. The maximum atomic E-state index is 6.29. The fourth-order valence-electron chi connectivity index (χ4n) is 10.9. The Hall–Kier alpha value is -0.300. The van der Waals surface area contributed by atoms with Crippen molar-refractivity contribution in [1.29, 1.82) is 0 Å². The minimum atomic E-state index is 0.376. The van der Waals surface area contributed by atoms with Gasteiger partial charge in [-0.05, 0) is 123 Å². The zero-order chi connectivity index (χ0) is 22.2. The molecule has 31 heavy (non-hydrogen) atoms. The van der Waals surface area contributed by atoms with E-state index in [4.69, 9.17) is 4.74 Å². The standard InChI is InChI=1S/C30H50O/c1-20(2)17-22-18-21(19-31-22)23-11-15-30(7)25-9-10-26-27(3,4)13-8-14-28(26,5)24(25)12-16-29(23,30)6/h17,21-26H,8-16,18-19H2,1-7H3/t21?,22-,23+,24-,25+,26-,28+,29+,30-/m0/s1. The highest BCUT2D eigenvalue weighted by molar-refractivity contribution is 5.16. The first-order valence-corrected chi connectivity index (χ1v) is 13.8. The van der Waals surface area contributed by atoms with Gasteiger partial charge in [0.15, 0.2) is 0 Å². The summed E-state index contributed by atoms with van der Waals surface area (Å²) in [5.74, 6) is 4.54. The van der Waals surface area contributed by atoms with E-state index in [9.17, 15) is 0 Å². The number of fused-ring (bicyclic) bond motifs is 5. The quantitative estimate of drug-likeness (QED) is 0.402. The van der Waals surface area contributed by atoms with Gasteiger partial charge in [0.2, 0.25) is 0 Å². The first-order chi connectivity index (χ1) is 14.5. The Morgan fingerprint density at radius 1 is 0.774 bits per heavy atom. The second kappa shape index (κ2) is 7.35. The number of hydrogen-bond donors (Lipinski definition) is 0. The van der Waals surface area contributed by atoms with Crippen LogP contribution in [-0.4, -0.2) is 12.7 Å². The molecule has 4 aliphatic carbocycles. The van der Waals surface area contributed by atoms with Gasteiger partial charge in [-0.1, -0.05) is 52.7 Å². The Balaban J connectivity index is 1.40. The smallest absolute Gasteiger partial charge is 0.0761 e. The van der Waals surface area contributed by atoms with Gasteiger partial charge >= 0.3 is 0 Å². The van der Waals surface area contributed by atoms with Crippen LogP contribution in [-0.2, 0) is 4.74 Å². The summed E-state index contributed by atoms with van der Waals surface area (Å²) in [6.07, 6.45) is 17.3. The van der Waals surface area contributed by atoms with Crippen molar-refractivity contribution in [2.45, 2.75) is 119 Å². The first kappa shape index (κ1) is 22.5. The molecule has 1 aliphatic heterocycles. The fourth-order valence-corrected chi connectivity index (χ4v) is 10.9. The number of hydrogen-bond acceptors (Lipinski definition) is 1. The Morgan fingerprint density at radius 3 is 2.16 bits per heavy atom. The van der Waals surface area contributed by atoms with Crippen molar-refractivity contribution >= 4 is 0 Å². The third-order valence-corrected chi connectivity index (χ3v) is 12.4. The minimum absolute atomic E-state index is 0.376. The Labute approximate surface area is 193 Å². The Kier molecular flexibility index (Phi) is 5.33. The summed E-state index contributed by atoms with van der Waals surface area (Å²) in [7, 11) is 0. The van der Waals surface area contributed by atoms with Gasteiger partial charge in [-0.3, -0.25) is 0 Å². The molecule has 1 unspecified atom stereocenters. The molecule has 0 amide bonds. The molecule has 5 aliphatic rings. The van der Waals surface area contributed by atoms with Crippen molar-refractivity contribution in [3.63, 3.8) is 0 Å². The molecule has 0 aromatic rings. The predicted molar refractivity (Wildman–Crippen MR) is 131 cm³/mol. The second-order valence-corrected chi connectivity index (χ2v) is 14.3. The van der Waals surface area contributed by atoms with Gasteiger partial charge in [-0.25, -0.2) is 0 Å². The third-order valence-electron chi connectivity index (χ3n) is 12.4. The molecule has 1 nitrogen and oxygen atoms in total. The minimum Gasteiger partial charge on any atom is -0.374 e. The molecule has 0 bridgehead atoms. The first-order valence-electron chi connectivity index (χ1n) is 13.8. The topological polar surface area (TPSA) is 9.23 Å². The van der Waals surface area contributed by atoms with E-state index in [2.05, 4.69) is 54.5 Å². The summed E-state index contributed by atoms with van der Waals surface area (Å²) in [4.78, 5) is 0. The lowest BCUT2D eigenvalue weighted by atomic mass is 9.38. The zero-order valence-corrected chi connectivity index (χ0v) is 21.7. The lowest BCUT2D eigenvalue weighted by Crippen LogP contribution is -2.59. The molecule has 1 heterocycles. The molecule has 0 radical (unpaired) electrons. The van der Waals surface area contributed by atoms with E-state index in [0.717, 1.165) is 36.2 Å². The molecule has 0 aromatic carbocycles. The Bertz CT molecular complexity index is 731. The van der Waals surface area contributed by atoms with E-state index in [0.29, 0.717) is 27.8 Å². The summed E-state index contributed by atoms with van der Waals surface area (Å²) >= 11 is 0. The third kappa shape index (κ3) is 3.18. The summed E-state index contributed by atoms with van der Waals surface area (Å²) in [5.41, 5.74) is 3.63. The van der Waals surface area contributed by atoms with Gasteiger partial charge in [0.05, 0.1) is 12.7 Å². The molecule has 5 rings (SSSR count). The van der Waals surface area contributed by atoms with Crippen LogP contribution in [0.3, 0.4) is 0 Å². The molecular weight excluding hydrogens is 376 g/mol. The second-order valence-electron chi connectivity index (χ2n) is 14.3. The van der Waals surface area contributed by atoms with Gasteiger partial charge in [-0.15, -0.1) is 0 Å². The molecule has 5 fully saturated rings. The van der Waals surface area contributed by atoms with Crippen molar-refractivity contribution in [3.05, 3.63) is 11.6 Å². The Morgan fingerprint density at radius 2 is 1.45 bits per heavy atom. The van der Waals surface area contributed by atoms with Gasteiger partial charge in [-0.2, -0.15) is 0 Å². The van der Waals surface area contributed by atoms with Crippen molar-refractivity contribution in [3.8, 4) is 0 Å². The van der Waals surface area contributed by atoms with Crippen LogP contribution >= 0.6 is 0 Å². The molecule has 0 aromatic heterocycles. The van der Waals surface area contributed by atoms with Crippen LogP contribution in [0, 0.1) is 51.2 Å². The molecule has 0 N–H and O–H groups in total. The van der Waals surface area contributed by atoms with Crippen molar-refractivity contribution in [2.75, 3.05) is 6.61 Å². The van der Waals surface area contributed by atoms with Crippen LogP contribution in [0.15, 0.2) is 11.6 Å². The monoisotopic (exact) mass is 426 g/mol. The normalized spacial score (nSPS) is 53.4. The van der Waals surface area contributed by atoms with E-state index < -0.39 is 0 Å². The lowest BCUT2D eigenvalue weighted by Gasteiger charge is -2.67. The average molecular weight is 427 g/mol. The van der Waals surface area contributed by atoms with Gasteiger partial charge in [0.1, 0.15) is 0 Å². The van der Waals surface area contributed by atoms with E-state index in [1.54, 1.807) is 0 Å². The number of ether oxygens (including phenoxy) is 1. The number of allylic oxidation sites excluding steroid dienone is 1. The molecule has 1 heteroatoms. The maximum Gasteiger partial charge on any atom is 0.0761 e. The fraction of sp³-hybridized carbons (Fsp3) is 0.933. The molecule has 0 spiro atoms. The van der Waals surface area contributed by atoms with Crippen molar-refractivity contribution in [1.82, 2.24) is 0 Å². The van der Waals surface area contributed by atoms with Crippen molar-refractivity contribution < 1.29 is 4.74 Å². The van der Waals surface area contributed by atoms with Crippen LogP contribution in [0.4, 0.5) is 0 Å². The average Bonchev–Trinajstić information content (AvgIpc) is 3.22. The van der Waals surface area contributed by atoms with Gasteiger partial charge in [0.25, 0.3) is 0 Å². The largest absolute Gasteiger partial charge is 0.374 e. The highest BCUT2D eigenvalue weighted by atomic mass is 16.5. The van der Waals surface area contributed by atoms with Crippen LogP contribution in [0.5, 0.6) is 0 Å². The molecule has 9 atom stereocenters. The van der Waals surface area contributed by atoms with Gasteiger partial charge in [0, 0.05) is 0 Å². The lowest BCUT2D eigenvalue weighted by molar-refractivity contribution is -0.179. The zero-order valence-electron chi connectivity index (χ0n) is 21.7. The summed E-state index contributed by atoms with van der Waals surface area (Å²) in [6.45, 7) is 18.9. The van der Waals surface area contributed by atoms with E-state index >= 15 is 0 Å². The van der Waals surface area contributed by atoms with Crippen LogP contribution in [0.1, 0.15) is 113 Å². The molecule has 176 valence electrons. The highest BCUT2D eigenvalue weighted by Gasteiger charge is 2.67. The van der Waals surface area contributed by atoms with E-state index in [1.165, 1.54) is 69.8 Å². The summed E-state index contributed by atoms with van der Waals surface area (Å²) in [5, 5.41) is 0. The van der Waals surface area contributed by atoms with Crippen LogP contribution in [0.2, 0.25) is 0 Å². The number of rotatable bonds is 2. The molecular formula is C30H50O. The summed E-state index contributed by atoms with van der Waals surface area (Å²) < 4.78 is 6.29. The maximum absolute atomic E-state index is 6.29. The van der Waals surface area contributed by atoms with E-state index in [-0.39, 0.29) is 0 Å². The van der Waals surface area contributed by atoms with Crippen LogP contribution in [0.25, 0.3) is 0 Å². The molecule has 1 saturated heterocycles. The highest BCUT2D eigenvalue weighted by Crippen LogP contribution is 2.74. The molecule has 4 saturated carbocycles. The summed E-state index contributed by atoms with van der Waals surface area (Å²) in [6, 6.07) is 0. The van der Waals surface area contributed by atoms with Crippen LogP contribution < -0.4 is 0 Å². The SMILES string of the molecule is CC(C)=C[C@H]1CC([C@H]2CC[C@@]3(C)[C@@H]4CC[C@H]5C(C)(C)CCC[C@]5(C)[C@H]4CC[C@]23C)CO1.